The first kappa shape index (κ1) is 15.9. The number of halogens is 1. The molecule has 2 N–H and O–H groups in total. The van der Waals surface area contributed by atoms with E-state index in [0.717, 1.165) is 10.4 Å². The minimum Gasteiger partial charge on any atom is -0.478 e. The number of sulfonamides is 1. The van der Waals surface area contributed by atoms with Gasteiger partial charge in [-0.1, -0.05) is 11.6 Å². The minimum atomic E-state index is -3.94. The van der Waals surface area contributed by atoms with E-state index < -0.39 is 22.1 Å². The fourth-order valence-electron chi connectivity index (χ4n) is 1.47. The van der Waals surface area contributed by atoms with Crippen molar-refractivity contribution >= 4 is 27.6 Å². The molecule has 0 saturated heterocycles. The molecule has 0 heterocycles. The summed E-state index contributed by atoms with van der Waals surface area (Å²) in [6.07, 6.45) is -0.846. The summed E-state index contributed by atoms with van der Waals surface area (Å²) in [7, 11) is -2.66. The van der Waals surface area contributed by atoms with E-state index in [2.05, 4.69) is 0 Å². The molecule has 19 heavy (non-hydrogen) atoms. The normalized spacial score (nSPS) is 13.5. The van der Waals surface area contributed by atoms with Crippen molar-refractivity contribution in [1.82, 2.24) is 4.31 Å². The van der Waals surface area contributed by atoms with Gasteiger partial charge in [-0.3, -0.25) is 0 Å². The Bertz CT molecular complexity index is 585. The topological polar surface area (TPSA) is 94.9 Å². The molecule has 0 saturated carbocycles. The summed E-state index contributed by atoms with van der Waals surface area (Å²) in [5.41, 5.74) is -0.173. The summed E-state index contributed by atoms with van der Waals surface area (Å²) in [4.78, 5) is 10.6. The average molecular weight is 308 g/mol. The highest BCUT2D eigenvalue weighted by atomic mass is 35.5. The van der Waals surface area contributed by atoms with E-state index in [-0.39, 0.29) is 22.0 Å². The Kier molecular flexibility index (Phi) is 4.92. The van der Waals surface area contributed by atoms with Gasteiger partial charge in [-0.2, -0.15) is 4.31 Å². The standard InChI is InChI=1S/C11H14ClNO5S/c1-7(14)6-13(2)19(17,18)10-5-8(11(15)16)3-4-9(10)12/h3-5,7,14H,6H2,1-2H3,(H,15,16). The summed E-state index contributed by atoms with van der Waals surface area (Å²) in [6, 6.07) is 3.44. The summed E-state index contributed by atoms with van der Waals surface area (Å²) in [5.74, 6) is -1.24. The third kappa shape index (κ3) is 3.66. The van der Waals surface area contributed by atoms with Crippen molar-refractivity contribution in [2.24, 2.45) is 0 Å². The van der Waals surface area contributed by atoms with Gasteiger partial charge in [0.1, 0.15) is 4.90 Å². The number of carboxylic acid groups (broad SMARTS) is 1. The maximum absolute atomic E-state index is 12.2. The van der Waals surface area contributed by atoms with Crippen LogP contribution in [0.4, 0.5) is 0 Å². The highest BCUT2D eigenvalue weighted by molar-refractivity contribution is 7.89. The number of benzene rings is 1. The molecule has 0 aliphatic heterocycles. The molecule has 106 valence electrons. The Hall–Kier alpha value is -1.15. The third-order valence-corrected chi connectivity index (χ3v) is 4.69. The van der Waals surface area contributed by atoms with Crippen LogP contribution in [0.1, 0.15) is 17.3 Å². The highest BCUT2D eigenvalue weighted by Crippen LogP contribution is 2.25. The second-order valence-corrected chi connectivity index (χ2v) is 6.51. The molecule has 1 rings (SSSR count). The summed E-state index contributed by atoms with van der Waals surface area (Å²) in [6.45, 7) is 1.33. The molecule has 1 aromatic carbocycles. The Morgan fingerprint density at radius 2 is 2.05 bits per heavy atom. The molecular formula is C11H14ClNO5S. The molecule has 0 amide bonds. The fraction of sp³-hybridized carbons (Fsp3) is 0.364. The maximum Gasteiger partial charge on any atom is 0.335 e. The monoisotopic (exact) mass is 307 g/mol. The molecule has 0 spiro atoms. The lowest BCUT2D eigenvalue weighted by molar-refractivity contribution is 0.0696. The van der Waals surface area contributed by atoms with Gasteiger partial charge < -0.3 is 10.2 Å². The van der Waals surface area contributed by atoms with Gasteiger partial charge >= 0.3 is 5.97 Å². The van der Waals surface area contributed by atoms with Gasteiger partial charge in [0.2, 0.25) is 10.0 Å². The van der Waals surface area contributed by atoms with Crippen molar-refractivity contribution < 1.29 is 23.4 Å². The maximum atomic E-state index is 12.2. The van der Waals surface area contributed by atoms with Crippen LogP contribution in [-0.2, 0) is 10.0 Å². The first-order valence-electron chi connectivity index (χ1n) is 5.33. The fourth-order valence-corrected chi connectivity index (χ4v) is 3.22. The molecule has 0 fully saturated rings. The summed E-state index contributed by atoms with van der Waals surface area (Å²) >= 11 is 5.80. The van der Waals surface area contributed by atoms with Crippen LogP contribution in [0.15, 0.2) is 23.1 Å². The summed E-state index contributed by atoms with van der Waals surface area (Å²) in [5, 5.41) is 18.0. The van der Waals surface area contributed by atoms with E-state index >= 15 is 0 Å². The zero-order valence-electron chi connectivity index (χ0n) is 10.4. The number of carboxylic acids is 1. The molecule has 1 atom stereocenters. The first-order chi connectivity index (χ1) is 8.66. The number of aliphatic hydroxyl groups excluding tert-OH is 1. The van der Waals surface area contributed by atoms with Crippen molar-refractivity contribution in [3.8, 4) is 0 Å². The van der Waals surface area contributed by atoms with Gasteiger partial charge in [0.15, 0.2) is 0 Å². The van der Waals surface area contributed by atoms with E-state index in [1.165, 1.54) is 26.1 Å². The van der Waals surface area contributed by atoms with Crippen LogP contribution in [0.3, 0.4) is 0 Å². The lowest BCUT2D eigenvalue weighted by atomic mass is 10.2. The number of aromatic carboxylic acids is 1. The second-order valence-electron chi connectivity index (χ2n) is 4.08. The van der Waals surface area contributed by atoms with Crippen molar-refractivity contribution in [1.29, 1.82) is 0 Å². The van der Waals surface area contributed by atoms with Crippen LogP contribution in [-0.4, -0.2) is 48.6 Å². The molecule has 0 radical (unpaired) electrons. The van der Waals surface area contributed by atoms with E-state index in [0.29, 0.717) is 0 Å². The molecule has 1 aromatic rings. The van der Waals surface area contributed by atoms with E-state index in [4.69, 9.17) is 16.7 Å². The predicted octanol–water partition coefficient (Wildman–Crippen LogP) is 1.04. The van der Waals surface area contributed by atoms with Gasteiger partial charge in [-0.15, -0.1) is 0 Å². The number of nitrogens with zero attached hydrogens (tertiary/aromatic N) is 1. The zero-order chi connectivity index (χ0) is 14.8. The number of hydrogen-bond donors (Lipinski definition) is 2. The van der Waals surface area contributed by atoms with E-state index in [1.807, 2.05) is 0 Å². The van der Waals surface area contributed by atoms with Crippen LogP contribution in [0, 0.1) is 0 Å². The molecular weight excluding hydrogens is 294 g/mol. The number of hydrogen-bond acceptors (Lipinski definition) is 4. The molecule has 0 aromatic heterocycles. The largest absolute Gasteiger partial charge is 0.478 e. The second kappa shape index (κ2) is 5.87. The molecule has 6 nitrogen and oxygen atoms in total. The molecule has 0 aliphatic carbocycles. The third-order valence-electron chi connectivity index (χ3n) is 2.39. The average Bonchev–Trinajstić information content (AvgIpc) is 2.27. The SMILES string of the molecule is CC(O)CN(C)S(=O)(=O)c1cc(C(=O)O)ccc1Cl. The van der Waals surface area contributed by atoms with E-state index in [9.17, 15) is 18.3 Å². The zero-order valence-corrected chi connectivity index (χ0v) is 11.9. The lowest BCUT2D eigenvalue weighted by Crippen LogP contribution is -2.33. The number of carbonyl (C=O) groups is 1. The highest BCUT2D eigenvalue weighted by Gasteiger charge is 2.25. The van der Waals surface area contributed by atoms with Gasteiger partial charge in [0.25, 0.3) is 0 Å². The van der Waals surface area contributed by atoms with E-state index in [1.54, 1.807) is 0 Å². The van der Waals surface area contributed by atoms with Crippen molar-refractivity contribution in [3.05, 3.63) is 28.8 Å². The Morgan fingerprint density at radius 1 is 1.47 bits per heavy atom. The number of aliphatic hydroxyl groups is 1. The number of likely N-dealkylation sites (N-methyl/N-ethyl adjacent to an activating group) is 1. The van der Waals surface area contributed by atoms with Gasteiger partial charge in [-0.05, 0) is 25.1 Å². The quantitative estimate of drug-likeness (QED) is 0.847. The van der Waals surface area contributed by atoms with Crippen LogP contribution in [0.25, 0.3) is 0 Å². The first-order valence-corrected chi connectivity index (χ1v) is 7.15. The predicted molar refractivity (Wildman–Crippen MR) is 69.9 cm³/mol. The van der Waals surface area contributed by atoms with Crippen LogP contribution < -0.4 is 0 Å². The molecule has 0 bridgehead atoms. The van der Waals surface area contributed by atoms with Crippen molar-refractivity contribution in [2.45, 2.75) is 17.9 Å². The molecule has 1 unspecified atom stereocenters. The molecule has 8 heteroatoms. The summed E-state index contributed by atoms with van der Waals surface area (Å²) < 4.78 is 25.3. The molecule has 0 aliphatic rings. The van der Waals surface area contributed by atoms with Gasteiger partial charge in [-0.25, -0.2) is 13.2 Å². The Morgan fingerprint density at radius 3 is 2.53 bits per heavy atom. The minimum absolute atomic E-state index is 0.0672. The lowest BCUT2D eigenvalue weighted by Gasteiger charge is -2.19. The van der Waals surface area contributed by atoms with Gasteiger partial charge in [0.05, 0.1) is 16.7 Å². The van der Waals surface area contributed by atoms with Crippen LogP contribution in [0.2, 0.25) is 5.02 Å². The number of rotatable bonds is 5. The Balaban J connectivity index is 3.28. The van der Waals surface area contributed by atoms with Crippen LogP contribution in [0.5, 0.6) is 0 Å². The van der Waals surface area contributed by atoms with Crippen molar-refractivity contribution in [3.63, 3.8) is 0 Å². The van der Waals surface area contributed by atoms with Crippen molar-refractivity contribution in [2.75, 3.05) is 13.6 Å². The van der Waals surface area contributed by atoms with Gasteiger partial charge in [0, 0.05) is 13.6 Å². The Labute approximate surface area is 116 Å². The smallest absolute Gasteiger partial charge is 0.335 e. The van der Waals surface area contributed by atoms with Crippen LogP contribution >= 0.6 is 11.6 Å².